The maximum atomic E-state index is 5.46. The fourth-order valence-corrected chi connectivity index (χ4v) is 1.67. The molecule has 0 aliphatic rings. The molecule has 3 heteroatoms. The molecule has 2 rings (SSSR count). The van der Waals surface area contributed by atoms with Crippen LogP contribution in [0.15, 0.2) is 30.3 Å². The molecule has 84 valence electrons. The third-order valence-electron chi connectivity index (χ3n) is 2.57. The molecule has 2 aromatic rings. The van der Waals surface area contributed by atoms with Crippen molar-refractivity contribution in [1.29, 1.82) is 0 Å². The Morgan fingerprint density at radius 2 is 2.00 bits per heavy atom. The van der Waals surface area contributed by atoms with Crippen LogP contribution in [0.3, 0.4) is 0 Å². The highest BCUT2D eigenvalue weighted by Crippen LogP contribution is 2.23. The molecule has 0 saturated carbocycles. The van der Waals surface area contributed by atoms with Crippen molar-refractivity contribution in [3.05, 3.63) is 41.6 Å². The van der Waals surface area contributed by atoms with Crippen molar-refractivity contribution < 1.29 is 4.74 Å². The zero-order valence-corrected chi connectivity index (χ0v) is 9.66. The number of hydrogen-bond donors (Lipinski definition) is 1. The van der Waals surface area contributed by atoms with Gasteiger partial charge in [-0.1, -0.05) is 30.3 Å². The van der Waals surface area contributed by atoms with Crippen LogP contribution in [0.4, 0.5) is 0 Å². The van der Waals surface area contributed by atoms with Gasteiger partial charge in [0.2, 0.25) is 0 Å². The molecular weight excluding hydrogens is 200 g/mol. The Bertz CT molecular complexity index is 448. The Morgan fingerprint density at radius 1 is 1.25 bits per heavy atom. The van der Waals surface area contributed by atoms with Gasteiger partial charge in [0.05, 0.1) is 12.3 Å². The number of ether oxygens (including phenoxy) is 1. The van der Waals surface area contributed by atoms with Crippen molar-refractivity contribution in [2.75, 3.05) is 6.61 Å². The predicted octanol–water partition coefficient (Wildman–Crippen LogP) is 2.92. The van der Waals surface area contributed by atoms with Gasteiger partial charge < -0.3 is 4.74 Å². The van der Waals surface area contributed by atoms with Crippen LogP contribution in [-0.4, -0.2) is 16.8 Å². The molecule has 0 radical (unpaired) electrons. The van der Waals surface area contributed by atoms with Crippen LogP contribution in [0.5, 0.6) is 0 Å². The average molecular weight is 216 g/mol. The Hall–Kier alpha value is -1.61. The molecular formula is C13H16N2O. The normalized spacial score (nSPS) is 10.6. The van der Waals surface area contributed by atoms with Crippen LogP contribution in [0.25, 0.3) is 11.3 Å². The molecule has 3 nitrogen and oxygen atoms in total. The van der Waals surface area contributed by atoms with Crippen molar-refractivity contribution in [3.63, 3.8) is 0 Å². The van der Waals surface area contributed by atoms with Crippen LogP contribution in [-0.2, 0) is 11.3 Å². The first-order valence-electron chi connectivity index (χ1n) is 5.50. The summed E-state index contributed by atoms with van der Waals surface area (Å²) in [5.41, 5.74) is 4.34. The molecule has 1 aromatic heterocycles. The number of nitrogens with zero attached hydrogens (tertiary/aromatic N) is 1. The van der Waals surface area contributed by atoms with Gasteiger partial charge >= 0.3 is 0 Å². The smallest absolute Gasteiger partial charge is 0.0978 e. The van der Waals surface area contributed by atoms with E-state index in [1.165, 1.54) is 0 Å². The number of H-pyrrole nitrogens is 1. The highest BCUT2D eigenvalue weighted by molar-refractivity contribution is 5.63. The third-order valence-corrected chi connectivity index (χ3v) is 2.57. The highest BCUT2D eigenvalue weighted by atomic mass is 16.5. The second kappa shape index (κ2) is 4.94. The standard InChI is InChI=1S/C13H16N2O/c1-3-16-9-12-10(2)14-15-13(12)11-7-5-4-6-8-11/h4-8H,3,9H2,1-2H3,(H,14,15). The van der Waals surface area contributed by atoms with E-state index in [-0.39, 0.29) is 0 Å². The van der Waals surface area contributed by atoms with Gasteiger partial charge in [0, 0.05) is 23.4 Å². The lowest BCUT2D eigenvalue weighted by Crippen LogP contribution is -1.94. The van der Waals surface area contributed by atoms with Gasteiger partial charge in [-0.3, -0.25) is 5.10 Å². The number of hydrogen-bond acceptors (Lipinski definition) is 2. The molecule has 0 bridgehead atoms. The summed E-state index contributed by atoms with van der Waals surface area (Å²) in [6.45, 7) is 5.35. The minimum atomic E-state index is 0.614. The molecule has 0 amide bonds. The summed E-state index contributed by atoms with van der Waals surface area (Å²) in [6, 6.07) is 10.2. The number of benzene rings is 1. The zero-order valence-electron chi connectivity index (χ0n) is 9.66. The summed E-state index contributed by atoms with van der Waals surface area (Å²) in [6.07, 6.45) is 0. The number of aromatic amines is 1. The largest absolute Gasteiger partial charge is 0.377 e. The number of aryl methyl sites for hydroxylation is 1. The topological polar surface area (TPSA) is 37.9 Å². The van der Waals surface area contributed by atoms with Crippen LogP contribution >= 0.6 is 0 Å². The summed E-state index contributed by atoms with van der Waals surface area (Å²) >= 11 is 0. The molecule has 0 aliphatic heterocycles. The summed E-state index contributed by atoms with van der Waals surface area (Å²) in [5.74, 6) is 0. The van der Waals surface area contributed by atoms with Gasteiger partial charge in [-0.15, -0.1) is 0 Å². The van der Waals surface area contributed by atoms with Gasteiger partial charge in [0.1, 0.15) is 0 Å². The first kappa shape index (κ1) is 10.9. The minimum absolute atomic E-state index is 0.614. The average Bonchev–Trinajstić information content (AvgIpc) is 2.69. The summed E-state index contributed by atoms with van der Waals surface area (Å²) in [4.78, 5) is 0. The van der Waals surface area contributed by atoms with E-state index in [4.69, 9.17) is 4.74 Å². The number of nitrogens with one attached hydrogen (secondary N) is 1. The minimum Gasteiger partial charge on any atom is -0.377 e. The van der Waals surface area contributed by atoms with Crippen LogP contribution < -0.4 is 0 Å². The van der Waals surface area contributed by atoms with Crippen molar-refractivity contribution in [1.82, 2.24) is 10.2 Å². The molecule has 1 N–H and O–H groups in total. The molecule has 0 saturated heterocycles. The molecule has 0 atom stereocenters. The van der Waals surface area contributed by atoms with E-state index in [9.17, 15) is 0 Å². The van der Waals surface area contributed by atoms with Gasteiger partial charge in [-0.05, 0) is 13.8 Å². The fraction of sp³-hybridized carbons (Fsp3) is 0.308. The van der Waals surface area contributed by atoms with E-state index in [1.807, 2.05) is 32.0 Å². The van der Waals surface area contributed by atoms with Crippen molar-refractivity contribution in [3.8, 4) is 11.3 Å². The summed E-state index contributed by atoms with van der Waals surface area (Å²) < 4.78 is 5.46. The molecule has 0 aliphatic carbocycles. The monoisotopic (exact) mass is 216 g/mol. The maximum absolute atomic E-state index is 5.46. The number of rotatable bonds is 4. The molecule has 0 fully saturated rings. The van der Waals surface area contributed by atoms with E-state index in [1.54, 1.807) is 0 Å². The Morgan fingerprint density at radius 3 is 2.69 bits per heavy atom. The van der Waals surface area contributed by atoms with E-state index >= 15 is 0 Å². The van der Waals surface area contributed by atoms with E-state index in [0.717, 1.165) is 29.1 Å². The Labute approximate surface area is 95.5 Å². The predicted molar refractivity (Wildman–Crippen MR) is 64.1 cm³/mol. The van der Waals surface area contributed by atoms with E-state index in [2.05, 4.69) is 22.3 Å². The lowest BCUT2D eigenvalue weighted by molar-refractivity contribution is 0.134. The fourth-order valence-electron chi connectivity index (χ4n) is 1.67. The third kappa shape index (κ3) is 2.14. The van der Waals surface area contributed by atoms with Gasteiger partial charge in [0.25, 0.3) is 0 Å². The van der Waals surface area contributed by atoms with Crippen molar-refractivity contribution in [2.24, 2.45) is 0 Å². The highest BCUT2D eigenvalue weighted by Gasteiger charge is 2.11. The SMILES string of the molecule is CCOCc1c(-c2ccccc2)n[nH]c1C. The van der Waals surface area contributed by atoms with Gasteiger partial charge in [-0.2, -0.15) is 5.10 Å². The van der Waals surface area contributed by atoms with Crippen molar-refractivity contribution in [2.45, 2.75) is 20.5 Å². The van der Waals surface area contributed by atoms with Crippen LogP contribution in [0.2, 0.25) is 0 Å². The second-order valence-corrected chi connectivity index (χ2v) is 3.68. The first-order valence-corrected chi connectivity index (χ1v) is 5.50. The molecule has 1 heterocycles. The maximum Gasteiger partial charge on any atom is 0.0978 e. The van der Waals surface area contributed by atoms with Crippen LogP contribution in [0.1, 0.15) is 18.2 Å². The molecule has 1 aromatic carbocycles. The van der Waals surface area contributed by atoms with E-state index in [0.29, 0.717) is 6.61 Å². The Kier molecular flexibility index (Phi) is 3.37. The lowest BCUT2D eigenvalue weighted by Gasteiger charge is -2.03. The second-order valence-electron chi connectivity index (χ2n) is 3.68. The molecule has 16 heavy (non-hydrogen) atoms. The molecule has 0 unspecified atom stereocenters. The Balaban J connectivity index is 2.34. The van der Waals surface area contributed by atoms with Crippen LogP contribution in [0, 0.1) is 6.92 Å². The van der Waals surface area contributed by atoms with Gasteiger partial charge in [-0.25, -0.2) is 0 Å². The first-order chi connectivity index (χ1) is 7.83. The van der Waals surface area contributed by atoms with Gasteiger partial charge in [0.15, 0.2) is 0 Å². The van der Waals surface area contributed by atoms with E-state index < -0.39 is 0 Å². The quantitative estimate of drug-likeness (QED) is 0.853. The van der Waals surface area contributed by atoms with Crippen molar-refractivity contribution >= 4 is 0 Å². The number of aromatic nitrogens is 2. The lowest BCUT2D eigenvalue weighted by atomic mass is 10.1. The molecule has 0 spiro atoms. The zero-order chi connectivity index (χ0) is 11.4. The summed E-state index contributed by atoms with van der Waals surface area (Å²) in [7, 11) is 0. The summed E-state index contributed by atoms with van der Waals surface area (Å²) in [5, 5.41) is 7.35.